The monoisotopic (exact) mass is 278 g/mol. The van der Waals surface area contributed by atoms with Gasteiger partial charge in [-0.15, -0.1) is 0 Å². The summed E-state index contributed by atoms with van der Waals surface area (Å²) in [5.41, 5.74) is 7.64. The number of hydrogen-bond donors (Lipinski definition) is 3. The lowest BCUT2D eigenvalue weighted by Gasteiger charge is -2.25. The number of anilines is 2. The van der Waals surface area contributed by atoms with Gasteiger partial charge in [-0.2, -0.15) is 0 Å². The van der Waals surface area contributed by atoms with Gasteiger partial charge < -0.3 is 20.9 Å². The highest BCUT2D eigenvalue weighted by molar-refractivity contribution is 5.61. The van der Waals surface area contributed by atoms with Gasteiger partial charge in [0.1, 0.15) is 5.75 Å². The Hall–Kier alpha value is -1.42. The maximum absolute atomic E-state index is 9.51. The zero-order valence-electron chi connectivity index (χ0n) is 12.3. The van der Waals surface area contributed by atoms with Gasteiger partial charge in [0.2, 0.25) is 0 Å². The van der Waals surface area contributed by atoms with Crippen LogP contribution in [-0.4, -0.2) is 24.4 Å². The molecule has 0 unspecified atom stereocenters. The average molecular weight is 278 g/mol. The molecule has 0 saturated heterocycles. The van der Waals surface area contributed by atoms with E-state index in [2.05, 4.69) is 12.2 Å². The van der Waals surface area contributed by atoms with E-state index in [1.165, 1.54) is 0 Å². The van der Waals surface area contributed by atoms with Gasteiger partial charge in [0.25, 0.3) is 0 Å². The van der Waals surface area contributed by atoms with E-state index in [1.54, 1.807) is 0 Å². The van der Waals surface area contributed by atoms with Crippen LogP contribution >= 0.6 is 0 Å². The predicted octanol–water partition coefficient (Wildman–Crippen LogP) is 3.02. The van der Waals surface area contributed by atoms with Gasteiger partial charge in [-0.3, -0.25) is 0 Å². The van der Waals surface area contributed by atoms with Crippen molar-refractivity contribution < 1.29 is 9.84 Å². The van der Waals surface area contributed by atoms with Crippen molar-refractivity contribution in [1.29, 1.82) is 0 Å². The van der Waals surface area contributed by atoms with Crippen LogP contribution in [0, 0.1) is 5.92 Å². The van der Waals surface area contributed by atoms with Gasteiger partial charge in [0, 0.05) is 18.3 Å². The van der Waals surface area contributed by atoms with Gasteiger partial charge in [-0.25, -0.2) is 0 Å². The summed E-state index contributed by atoms with van der Waals surface area (Å²) < 4.78 is 5.63. The molecule has 1 aliphatic rings. The fourth-order valence-electron chi connectivity index (χ4n) is 2.59. The molecule has 0 atom stereocenters. The van der Waals surface area contributed by atoms with Crippen LogP contribution in [0.25, 0.3) is 0 Å². The van der Waals surface area contributed by atoms with Crippen molar-refractivity contribution in [3.63, 3.8) is 0 Å². The molecule has 4 heteroatoms. The van der Waals surface area contributed by atoms with Crippen molar-refractivity contribution in [3.05, 3.63) is 18.2 Å². The first-order valence-electron chi connectivity index (χ1n) is 7.63. The minimum atomic E-state index is -0.0863. The highest BCUT2D eigenvalue weighted by atomic mass is 16.5. The van der Waals surface area contributed by atoms with Crippen LogP contribution < -0.4 is 15.8 Å². The van der Waals surface area contributed by atoms with Crippen LogP contribution in [0.5, 0.6) is 5.75 Å². The number of aliphatic hydroxyl groups is 1. The van der Waals surface area contributed by atoms with Crippen molar-refractivity contribution in [2.45, 2.75) is 45.1 Å². The van der Waals surface area contributed by atoms with E-state index in [-0.39, 0.29) is 6.10 Å². The summed E-state index contributed by atoms with van der Waals surface area (Å²) in [7, 11) is 0. The Bertz CT molecular complexity index is 415. The Balaban J connectivity index is 1.86. The molecule has 2 rings (SSSR count). The molecule has 1 aromatic carbocycles. The van der Waals surface area contributed by atoms with Crippen LogP contribution in [0.1, 0.15) is 39.0 Å². The summed E-state index contributed by atoms with van der Waals surface area (Å²) in [5, 5.41) is 13.0. The Labute approximate surface area is 121 Å². The molecule has 0 aromatic heterocycles. The summed E-state index contributed by atoms with van der Waals surface area (Å²) in [4.78, 5) is 0. The highest BCUT2D eigenvalue weighted by Gasteiger charge is 2.19. The molecule has 0 amide bonds. The molecule has 0 spiro atoms. The normalized spacial score (nSPS) is 22.5. The van der Waals surface area contributed by atoms with Crippen molar-refractivity contribution in [2.24, 2.45) is 5.92 Å². The number of rotatable bonds is 6. The zero-order valence-corrected chi connectivity index (χ0v) is 12.3. The summed E-state index contributed by atoms with van der Waals surface area (Å²) in [6, 6.07) is 5.85. The van der Waals surface area contributed by atoms with Crippen molar-refractivity contribution in [2.75, 3.05) is 24.2 Å². The summed E-state index contributed by atoms with van der Waals surface area (Å²) >= 11 is 0. The van der Waals surface area contributed by atoms with Crippen molar-refractivity contribution in [3.8, 4) is 5.75 Å². The molecule has 0 heterocycles. The Kier molecular flexibility index (Phi) is 5.53. The van der Waals surface area contributed by atoms with Crippen molar-refractivity contribution in [1.82, 2.24) is 0 Å². The third-order valence-corrected chi connectivity index (χ3v) is 3.89. The fraction of sp³-hybridized carbons (Fsp3) is 0.625. The average Bonchev–Trinajstić information content (AvgIpc) is 2.46. The number of nitrogens with two attached hydrogens (primary N) is 1. The number of hydrogen-bond acceptors (Lipinski definition) is 4. The number of aliphatic hydroxyl groups excluding tert-OH is 1. The molecule has 1 saturated carbocycles. The molecule has 0 bridgehead atoms. The third kappa shape index (κ3) is 4.30. The van der Waals surface area contributed by atoms with E-state index >= 15 is 0 Å². The molecular formula is C16H26N2O2. The topological polar surface area (TPSA) is 67.5 Å². The maximum Gasteiger partial charge on any atom is 0.144 e. The first-order valence-corrected chi connectivity index (χ1v) is 7.63. The Morgan fingerprint density at radius 1 is 1.30 bits per heavy atom. The van der Waals surface area contributed by atoms with Crippen LogP contribution in [0.15, 0.2) is 18.2 Å². The first kappa shape index (κ1) is 15.0. The minimum absolute atomic E-state index is 0.0863. The molecule has 1 aromatic rings. The summed E-state index contributed by atoms with van der Waals surface area (Å²) in [6.45, 7) is 3.72. The smallest absolute Gasteiger partial charge is 0.144 e. The molecule has 4 N–H and O–H groups in total. The quantitative estimate of drug-likeness (QED) is 0.700. The lowest BCUT2D eigenvalue weighted by molar-refractivity contribution is 0.111. The molecule has 1 fully saturated rings. The van der Waals surface area contributed by atoms with Gasteiger partial charge in [-0.05, 0) is 50.2 Å². The van der Waals surface area contributed by atoms with Crippen LogP contribution in [-0.2, 0) is 0 Å². The number of benzene rings is 1. The maximum atomic E-state index is 9.51. The number of nitrogens with one attached hydrogen (secondary N) is 1. The molecule has 20 heavy (non-hydrogen) atoms. The molecule has 4 nitrogen and oxygen atoms in total. The zero-order chi connectivity index (χ0) is 14.4. The molecule has 112 valence electrons. The first-order chi connectivity index (χ1) is 9.69. The lowest BCUT2D eigenvalue weighted by Crippen LogP contribution is -2.23. The van der Waals surface area contributed by atoms with Gasteiger partial charge in [0.15, 0.2) is 0 Å². The van der Waals surface area contributed by atoms with Gasteiger partial charge in [-0.1, -0.05) is 6.92 Å². The lowest BCUT2D eigenvalue weighted by atomic mass is 9.87. The summed E-state index contributed by atoms with van der Waals surface area (Å²) in [5.74, 6) is 1.41. The minimum Gasteiger partial charge on any atom is -0.491 e. The Morgan fingerprint density at radius 3 is 2.75 bits per heavy atom. The Morgan fingerprint density at radius 2 is 2.05 bits per heavy atom. The second-order valence-electron chi connectivity index (χ2n) is 5.66. The molecule has 0 aliphatic heterocycles. The SMILES string of the molecule is CCCOc1cc(NCC2CCC(O)CC2)ccc1N. The second kappa shape index (κ2) is 7.39. The van der Waals surface area contributed by atoms with E-state index in [9.17, 15) is 5.11 Å². The highest BCUT2D eigenvalue weighted by Crippen LogP contribution is 2.28. The molecule has 1 aliphatic carbocycles. The van der Waals surface area contributed by atoms with Crippen LogP contribution in [0.3, 0.4) is 0 Å². The fourth-order valence-corrected chi connectivity index (χ4v) is 2.59. The van der Waals surface area contributed by atoms with E-state index < -0.39 is 0 Å². The number of ether oxygens (including phenoxy) is 1. The summed E-state index contributed by atoms with van der Waals surface area (Å²) in [6.07, 6.45) is 4.95. The third-order valence-electron chi connectivity index (χ3n) is 3.89. The van der Waals surface area contributed by atoms with Gasteiger partial charge >= 0.3 is 0 Å². The standard InChI is InChI=1S/C16H26N2O2/c1-2-9-20-16-10-13(5-8-15(16)17)18-11-12-3-6-14(19)7-4-12/h5,8,10,12,14,18-19H,2-4,6-7,9,11,17H2,1H3. The van der Waals surface area contributed by atoms with E-state index in [4.69, 9.17) is 10.5 Å². The van der Waals surface area contributed by atoms with Gasteiger partial charge in [0.05, 0.1) is 18.4 Å². The van der Waals surface area contributed by atoms with Crippen LogP contribution in [0.4, 0.5) is 11.4 Å². The predicted molar refractivity (Wildman–Crippen MR) is 83.1 cm³/mol. The molecular weight excluding hydrogens is 252 g/mol. The van der Waals surface area contributed by atoms with E-state index in [0.717, 1.165) is 50.1 Å². The van der Waals surface area contributed by atoms with Crippen molar-refractivity contribution >= 4 is 11.4 Å². The molecule has 0 radical (unpaired) electrons. The van der Waals surface area contributed by atoms with Crippen LogP contribution in [0.2, 0.25) is 0 Å². The van der Waals surface area contributed by atoms with E-state index in [0.29, 0.717) is 18.2 Å². The van der Waals surface area contributed by atoms with E-state index in [1.807, 2.05) is 18.2 Å². The second-order valence-corrected chi connectivity index (χ2v) is 5.66. The number of nitrogen functional groups attached to an aromatic ring is 1. The largest absolute Gasteiger partial charge is 0.491 e.